The van der Waals surface area contributed by atoms with Gasteiger partial charge in [-0.2, -0.15) is 5.10 Å². The van der Waals surface area contributed by atoms with Crippen LogP contribution in [0.3, 0.4) is 0 Å². The molecule has 0 radical (unpaired) electrons. The Morgan fingerprint density at radius 2 is 2.15 bits per heavy atom. The van der Waals surface area contributed by atoms with E-state index in [0.29, 0.717) is 17.4 Å². The topological polar surface area (TPSA) is 79.5 Å². The van der Waals surface area contributed by atoms with E-state index in [1.54, 1.807) is 13.2 Å². The van der Waals surface area contributed by atoms with Crippen LogP contribution in [0.25, 0.3) is 10.9 Å². The average Bonchev–Trinajstić information content (AvgIpc) is 3.10. The molecular weight excluding hydrogens is 332 g/mol. The zero-order valence-electron chi connectivity index (χ0n) is 15.4. The van der Waals surface area contributed by atoms with Crippen molar-refractivity contribution in [1.29, 1.82) is 0 Å². The predicted octanol–water partition coefficient (Wildman–Crippen LogP) is 1.58. The maximum Gasteiger partial charge on any atom is 0.338 e. The number of fused-ring (bicyclic) bond motifs is 4. The van der Waals surface area contributed by atoms with Crippen LogP contribution in [0.2, 0.25) is 0 Å². The molecule has 2 bridgehead atoms. The number of H-pyrrole nitrogens is 1. The highest BCUT2D eigenvalue weighted by atomic mass is 16.5. The van der Waals surface area contributed by atoms with E-state index in [4.69, 9.17) is 9.47 Å². The fourth-order valence-corrected chi connectivity index (χ4v) is 4.34. The molecule has 3 aliphatic rings. The number of nitrogens with one attached hydrogen (secondary N) is 2. The van der Waals surface area contributed by atoms with Crippen molar-refractivity contribution in [1.82, 2.24) is 20.4 Å². The Morgan fingerprint density at radius 1 is 1.35 bits per heavy atom. The Labute approximate surface area is 153 Å². The molecule has 1 aromatic heterocycles. The van der Waals surface area contributed by atoms with Gasteiger partial charge in [0, 0.05) is 42.7 Å². The van der Waals surface area contributed by atoms with Crippen LogP contribution in [0.5, 0.6) is 5.75 Å². The van der Waals surface area contributed by atoms with E-state index in [1.165, 1.54) is 33.0 Å². The first-order valence-electron chi connectivity index (χ1n) is 9.28. The first kappa shape index (κ1) is 17.3. The Bertz CT molecular complexity index is 795. The Hall–Kier alpha value is -2.12. The molecule has 1 atom stereocenters. The Kier molecular flexibility index (Phi) is 4.82. The van der Waals surface area contributed by atoms with Gasteiger partial charge in [-0.1, -0.05) is 0 Å². The van der Waals surface area contributed by atoms with Gasteiger partial charge in [0.05, 0.1) is 25.3 Å². The van der Waals surface area contributed by atoms with Crippen LogP contribution in [-0.4, -0.2) is 67.5 Å². The third-order valence-corrected chi connectivity index (χ3v) is 5.78. The summed E-state index contributed by atoms with van der Waals surface area (Å²) in [7, 11) is 2.97. The third-order valence-electron chi connectivity index (χ3n) is 5.78. The van der Waals surface area contributed by atoms with Gasteiger partial charge in [0.1, 0.15) is 5.75 Å². The van der Waals surface area contributed by atoms with Gasteiger partial charge in [0.25, 0.3) is 0 Å². The molecule has 2 aromatic rings. The quantitative estimate of drug-likeness (QED) is 0.764. The van der Waals surface area contributed by atoms with Crippen molar-refractivity contribution < 1.29 is 14.3 Å². The average molecular weight is 358 g/mol. The first-order chi connectivity index (χ1) is 12.7. The maximum absolute atomic E-state index is 12.2. The number of aromatic amines is 1. The van der Waals surface area contributed by atoms with Crippen molar-refractivity contribution >= 4 is 16.9 Å². The number of piperidine rings is 3. The highest BCUT2D eigenvalue weighted by molar-refractivity contribution is 6.05. The van der Waals surface area contributed by atoms with Crippen LogP contribution in [0.1, 0.15) is 28.9 Å². The summed E-state index contributed by atoms with van der Waals surface area (Å²) in [4.78, 5) is 14.8. The van der Waals surface area contributed by atoms with Crippen LogP contribution in [0.15, 0.2) is 12.1 Å². The Balaban J connectivity index is 1.50. The molecule has 5 rings (SSSR count). The fourth-order valence-electron chi connectivity index (χ4n) is 4.34. The van der Waals surface area contributed by atoms with Crippen molar-refractivity contribution in [3.8, 4) is 5.75 Å². The molecule has 0 spiro atoms. The molecule has 0 aliphatic carbocycles. The van der Waals surface area contributed by atoms with E-state index in [9.17, 15) is 4.79 Å². The highest BCUT2D eigenvalue weighted by Gasteiger charge is 2.33. The lowest BCUT2D eigenvalue weighted by atomic mass is 9.84. The number of hydrogen-bond donors (Lipinski definition) is 2. The summed E-state index contributed by atoms with van der Waals surface area (Å²) in [6.07, 6.45) is 3.39. The summed E-state index contributed by atoms with van der Waals surface area (Å²) in [5.74, 6) is 1.02. The molecule has 3 fully saturated rings. The molecule has 7 nitrogen and oxygen atoms in total. The number of benzene rings is 1. The van der Waals surface area contributed by atoms with Crippen molar-refractivity contribution in [2.75, 3.05) is 40.4 Å². The molecular formula is C19H26N4O3. The van der Waals surface area contributed by atoms with E-state index in [2.05, 4.69) is 20.4 Å². The van der Waals surface area contributed by atoms with Crippen molar-refractivity contribution in [2.24, 2.45) is 5.92 Å². The Morgan fingerprint density at radius 3 is 2.81 bits per heavy atom. The molecule has 0 saturated carbocycles. The molecule has 1 aromatic carbocycles. The third kappa shape index (κ3) is 3.17. The fraction of sp³-hybridized carbons (Fsp3) is 0.579. The molecule has 3 aliphatic heterocycles. The SMILES string of the molecule is COC(=O)c1cc(OC)cc2n[nH]c(CCNC3CN4CCC3CC4)c12. The second kappa shape index (κ2) is 7.25. The molecule has 3 saturated heterocycles. The van der Waals surface area contributed by atoms with Gasteiger partial charge in [-0.05, 0) is 37.9 Å². The molecule has 26 heavy (non-hydrogen) atoms. The van der Waals surface area contributed by atoms with Crippen molar-refractivity contribution in [2.45, 2.75) is 25.3 Å². The van der Waals surface area contributed by atoms with Crippen LogP contribution in [0, 0.1) is 5.92 Å². The van der Waals surface area contributed by atoms with Gasteiger partial charge >= 0.3 is 5.97 Å². The standard InChI is InChI=1S/C19H26N4O3/c1-25-13-9-14(19(24)26-2)18-15(21-22-16(18)10-13)3-6-20-17-11-23-7-4-12(17)5-8-23/h9-10,12,17,20H,3-8,11H2,1-2H3,(H,21,22). The highest BCUT2D eigenvalue weighted by Crippen LogP contribution is 2.29. The second-order valence-electron chi connectivity index (χ2n) is 7.21. The number of rotatable bonds is 6. The zero-order chi connectivity index (χ0) is 18.1. The van der Waals surface area contributed by atoms with E-state index in [0.717, 1.165) is 42.0 Å². The second-order valence-corrected chi connectivity index (χ2v) is 7.21. The summed E-state index contributed by atoms with van der Waals surface area (Å²) in [5.41, 5.74) is 2.17. The van der Waals surface area contributed by atoms with Crippen LogP contribution < -0.4 is 10.1 Å². The van der Waals surface area contributed by atoms with E-state index < -0.39 is 0 Å². The summed E-state index contributed by atoms with van der Waals surface area (Å²) in [6.45, 7) is 4.51. The van der Waals surface area contributed by atoms with Gasteiger partial charge in [-0.15, -0.1) is 0 Å². The largest absolute Gasteiger partial charge is 0.497 e. The van der Waals surface area contributed by atoms with E-state index >= 15 is 0 Å². The number of esters is 1. The lowest BCUT2D eigenvalue weighted by molar-refractivity contribution is 0.0602. The zero-order valence-corrected chi connectivity index (χ0v) is 15.4. The van der Waals surface area contributed by atoms with Crippen LogP contribution in [0.4, 0.5) is 0 Å². The van der Waals surface area contributed by atoms with Crippen LogP contribution in [-0.2, 0) is 11.2 Å². The summed E-state index contributed by atoms with van der Waals surface area (Å²) < 4.78 is 10.2. The minimum atomic E-state index is -0.373. The van der Waals surface area contributed by atoms with Gasteiger partial charge in [-0.25, -0.2) is 4.79 Å². The number of carbonyl (C=O) groups is 1. The molecule has 1 unspecified atom stereocenters. The van der Waals surface area contributed by atoms with Crippen molar-refractivity contribution in [3.05, 3.63) is 23.4 Å². The number of aromatic nitrogens is 2. The predicted molar refractivity (Wildman–Crippen MR) is 98.6 cm³/mol. The maximum atomic E-state index is 12.2. The minimum Gasteiger partial charge on any atom is -0.497 e. The van der Waals surface area contributed by atoms with E-state index in [-0.39, 0.29) is 5.97 Å². The summed E-state index contributed by atoms with van der Waals surface area (Å²) >= 11 is 0. The number of hydrogen-bond acceptors (Lipinski definition) is 6. The number of ether oxygens (including phenoxy) is 2. The van der Waals surface area contributed by atoms with Gasteiger partial charge < -0.3 is 19.7 Å². The lowest BCUT2D eigenvalue weighted by Gasteiger charge is -2.45. The monoisotopic (exact) mass is 358 g/mol. The van der Waals surface area contributed by atoms with Crippen LogP contribution >= 0.6 is 0 Å². The normalized spacial score (nSPS) is 24.8. The van der Waals surface area contributed by atoms with Crippen molar-refractivity contribution in [3.63, 3.8) is 0 Å². The minimum absolute atomic E-state index is 0.373. The number of methoxy groups -OCH3 is 2. The molecule has 4 heterocycles. The molecule has 140 valence electrons. The number of nitrogens with zero attached hydrogens (tertiary/aromatic N) is 2. The molecule has 0 amide bonds. The van der Waals surface area contributed by atoms with E-state index in [1.807, 2.05) is 6.07 Å². The molecule has 7 heteroatoms. The summed E-state index contributed by atoms with van der Waals surface area (Å²) in [6, 6.07) is 4.13. The smallest absolute Gasteiger partial charge is 0.338 e. The first-order valence-corrected chi connectivity index (χ1v) is 9.28. The lowest BCUT2D eigenvalue weighted by Crippen LogP contribution is -2.56. The van der Waals surface area contributed by atoms with Gasteiger partial charge in [0.2, 0.25) is 0 Å². The van der Waals surface area contributed by atoms with Gasteiger partial charge in [0.15, 0.2) is 0 Å². The van der Waals surface area contributed by atoms with Gasteiger partial charge in [-0.3, -0.25) is 5.10 Å². The number of carbonyl (C=O) groups excluding carboxylic acids is 1. The summed E-state index contributed by atoms with van der Waals surface area (Å²) in [5, 5.41) is 12.0. The molecule has 2 N–H and O–H groups in total.